The summed E-state index contributed by atoms with van der Waals surface area (Å²) < 4.78 is 5.68. The molecule has 1 aliphatic rings. The second kappa shape index (κ2) is 6.69. The molecule has 4 heteroatoms. The number of pyridine rings is 1. The molecule has 0 radical (unpaired) electrons. The van der Waals surface area contributed by atoms with Crippen molar-refractivity contribution in [2.24, 2.45) is 0 Å². The summed E-state index contributed by atoms with van der Waals surface area (Å²) in [4.78, 5) is 6.45. The van der Waals surface area contributed by atoms with Crippen molar-refractivity contribution >= 4 is 0 Å². The zero-order valence-electron chi connectivity index (χ0n) is 10.4. The van der Waals surface area contributed by atoms with Gasteiger partial charge in [-0.05, 0) is 25.1 Å². The van der Waals surface area contributed by atoms with E-state index < -0.39 is 0 Å². The fourth-order valence-electron chi connectivity index (χ4n) is 2.04. The molecule has 94 valence electrons. The molecule has 1 aromatic rings. The van der Waals surface area contributed by atoms with Gasteiger partial charge in [0.05, 0.1) is 12.7 Å². The highest BCUT2D eigenvalue weighted by Crippen LogP contribution is 2.02. The van der Waals surface area contributed by atoms with Gasteiger partial charge in [0.25, 0.3) is 0 Å². The van der Waals surface area contributed by atoms with Crippen LogP contribution < -0.4 is 5.32 Å². The molecular formula is C13H21N3O. The third kappa shape index (κ3) is 4.42. The molecule has 0 bridgehead atoms. The summed E-state index contributed by atoms with van der Waals surface area (Å²) in [6.45, 7) is 4.83. The Hall–Kier alpha value is -0.970. The van der Waals surface area contributed by atoms with E-state index in [0.29, 0.717) is 6.10 Å². The maximum Gasteiger partial charge on any atom is 0.0826 e. The number of hydrogen-bond acceptors (Lipinski definition) is 4. The van der Waals surface area contributed by atoms with Gasteiger partial charge in [-0.2, -0.15) is 0 Å². The first-order valence-electron chi connectivity index (χ1n) is 6.24. The lowest BCUT2D eigenvalue weighted by Gasteiger charge is -2.27. The van der Waals surface area contributed by atoms with Crippen molar-refractivity contribution in [1.29, 1.82) is 0 Å². The first-order chi connectivity index (χ1) is 8.34. The van der Waals surface area contributed by atoms with Crippen molar-refractivity contribution in [3.63, 3.8) is 0 Å². The Morgan fingerprint density at radius 3 is 3.24 bits per heavy atom. The predicted octanol–water partition coefficient (Wildman–Crippen LogP) is 0.544. The topological polar surface area (TPSA) is 37.4 Å². The molecule has 0 aromatic carbocycles. The number of ether oxygens (including phenoxy) is 1. The second-order valence-corrected chi connectivity index (χ2v) is 4.57. The molecule has 0 spiro atoms. The third-order valence-electron chi connectivity index (χ3n) is 3.02. The SMILES string of the molecule is CN(CCc1cccnc1)CC1CNCCO1. The molecule has 1 unspecified atom stereocenters. The Morgan fingerprint density at radius 1 is 1.59 bits per heavy atom. The molecule has 0 saturated carbocycles. The second-order valence-electron chi connectivity index (χ2n) is 4.57. The van der Waals surface area contributed by atoms with Crippen molar-refractivity contribution in [3.8, 4) is 0 Å². The van der Waals surface area contributed by atoms with Gasteiger partial charge < -0.3 is 15.0 Å². The molecule has 1 N–H and O–H groups in total. The van der Waals surface area contributed by atoms with Crippen molar-refractivity contribution in [3.05, 3.63) is 30.1 Å². The molecule has 0 aliphatic carbocycles. The van der Waals surface area contributed by atoms with E-state index in [-0.39, 0.29) is 0 Å². The van der Waals surface area contributed by atoms with Crippen molar-refractivity contribution in [1.82, 2.24) is 15.2 Å². The maximum absolute atomic E-state index is 5.68. The van der Waals surface area contributed by atoms with E-state index in [9.17, 15) is 0 Å². The molecule has 1 aromatic heterocycles. The summed E-state index contributed by atoms with van der Waals surface area (Å²) in [5, 5.41) is 3.35. The van der Waals surface area contributed by atoms with Crippen molar-refractivity contribution < 1.29 is 4.74 Å². The van der Waals surface area contributed by atoms with Crippen LogP contribution in [0.25, 0.3) is 0 Å². The van der Waals surface area contributed by atoms with Gasteiger partial charge in [-0.3, -0.25) is 4.98 Å². The Kier molecular flexibility index (Phi) is 4.91. The highest BCUT2D eigenvalue weighted by molar-refractivity contribution is 5.08. The summed E-state index contributed by atoms with van der Waals surface area (Å²) in [5.41, 5.74) is 1.29. The molecule has 1 fully saturated rings. The Balaban J connectivity index is 1.68. The Labute approximate surface area is 103 Å². The average molecular weight is 235 g/mol. The quantitative estimate of drug-likeness (QED) is 0.808. The van der Waals surface area contributed by atoms with Crippen molar-refractivity contribution in [2.75, 3.05) is 39.8 Å². The number of likely N-dealkylation sites (N-methyl/N-ethyl adjacent to an activating group) is 1. The number of nitrogens with one attached hydrogen (secondary N) is 1. The molecular weight excluding hydrogens is 214 g/mol. The van der Waals surface area contributed by atoms with Crippen LogP contribution in [0, 0.1) is 0 Å². The third-order valence-corrected chi connectivity index (χ3v) is 3.02. The van der Waals surface area contributed by atoms with E-state index in [1.807, 2.05) is 18.5 Å². The monoisotopic (exact) mass is 235 g/mol. The molecule has 0 amide bonds. The number of rotatable bonds is 5. The average Bonchev–Trinajstić information content (AvgIpc) is 2.39. The molecule has 17 heavy (non-hydrogen) atoms. The van der Waals surface area contributed by atoms with Crippen LogP contribution in [0.3, 0.4) is 0 Å². The summed E-state index contributed by atoms with van der Waals surface area (Å²) in [6.07, 6.45) is 5.13. The lowest BCUT2D eigenvalue weighted by molar-refractivity contribution is 0.0103. The zero-order chi connectivity index (χ0) is 11.9. The van der Waals surface area contributed by atoms with Crippen LogP contribution in [-0.4, -0.2) is 55.8 Å². The van der Waals surface area contributed by atoms with Crippen LogP contribution in [0.1, 0.15) is 5.56 Å². The van der Waals surface area contributed by atoms with E-state index in [4.69, 9.17) is 4.74 Å². The van der Waals surface area contributed by atoms with E-state index in [1.54, 1.807) is 0 Å². The molecule has 2 rings (SSSR count). The lowest BCUT2D eigenvalue weighted by Crippen LogP contribution is -2.44. The fourth-order valence-corrected chi connectivity index (χ4v) is 2.04. The predicted molar refractivity (Wildman–Crippen MR) is 68.0 cm³/mol. The summed E-state index contributed by atoms with van der Waals surface area (Å²) in [5.74, 6) is 0. The summed E-state index contributed by atoms with van der Waals surface area (Å²) >= 11 is 0. The highest BCUT2D eigenvalue weighted by Gasteiger charge is 2.15. The van der Waals surface area contributed by atoms with Gasteiger partial charge in [-0.15, -0.1) is 0 Å². The van der Waals surface area contributed by atoms with Gasteiger partial charge in [-0.1, -0.05) is 6.07 Å². The van der Waals surface area contributed by atoms with Gasteiger partial charge in [0, 0.05) is 38.6 Å². The van der Waals surface area contributed by atoms with Gasteiger partial charge in [0.2, 0.25) is 0 Å². The van der Waals surface area contributed by atoms with Gasteiger partial charge in [0.1, 0.15) is 0 Å². The minimum Gasteiger partial charge on any atom is -0.374 e. The zero-order valence-corrected chi connectivity index (χ0v) is 10.4. The van der Waals surface area contributed by atoms with Crippen LogP contribution in [0.2, 0.25) is 0 Å². The molecule has 1 atom stereocenters. The van der Waals surface area contributed by atoms with Crippen LogP contribution in [-0.2, 0) is 11.2 Å². The highest BCUT2D eigenvalue weighted by atomic mass is 16.5. The standard InChI is InChI=1S/C13H21N3O/c1-16(11-13-10-15-6-8-17-13)7-4-12-3-2-5-14-9-12/h2-3,5,9,13,15H,4,6-8,10-11H2,1H3. The smallest absolute Gasteiger partial charge is 0.0826 e. The minimum atomic E-state index is 0.336. The minimum absolute atomic E-state index is 0.336. The number of aromatic nitrogens is 1. The summed E-state index contributed by atoms with van der Waals surface area (Å²) in [7, 11) is 2.15. The molecule has 1 saturated heterocycles. The van der Waals surface area contributed by atoms with E-state index in [0.717, 1.165) is 39.2 Å². The first kappa shape index (κ1) is 12.5. The van der Waals surface area contributed by atoms with Crippen molar-refractivity contribution in [2.45, 2.75) is 12.5 Å². The van der Waals surface area contributed by atoms with Crippen LogP contribution >= 0.6 is 0 Å². The van der Waals surface area contributed by atoms with Crippen LogP contribution in [0.4, 0.5) is 0 Å². The normalized spacial score (nSPS) is 20.7. The molecule has 4 nitrogen and oxygen atoms in total. The van der Waals surface area contributed by atoms with Gasteiger partial charge in [-0.25, -0.2) is 0 Å². The van der Waals surface area contributed by atoms with Gasteiger partial charge in [0.15, 0.2) is 0 Å². The first-order valence-corrected chi connectivity index (χ1v) is 6.24. The number of nitrogens with zero attached hydrogens (tertiary/aromatic N) is 2. The van der Waals surface area contributed by atoms with Crippen LogP contribution in [0.5, 0.6) is 0 Å². The van der Waals surface area contributed by atoms with E-state index in [1.165, 1.54) is 5.56 Å². The Bertz CT molecular complexity index is 312. The van der Waals surface area contributed by atoms with Crippen LogP contribution in [0.15, 0.2) is 24.5 Å². The number of hydrogen-bond donors (Lipinski definition) is 1. The Morgan fingerprint density at radius 2 is 2.53 bits per heavy atom. The van der Waals surface area contributed by atoms with Gasteiger partial charge >= 0.3 is 0 Å². The van der Waals surface area contributed by atoms with E-state index >= 15 is 0 Å². The largest absolute Gasteiger partial charge is 0.374 e. The molecule has 2 heterocycles. The maximum atomic E-state index is 5.68. The molecule has 1 aliphatic heterocycles. The lowest BCUT2D eigenvalue weighted by atomic mass is 10.2. The summed E-state index contributed by atoms with van der Waals surface area (Å²) in [6, 6.07) is 4.11. The fraction of sp³-hybridized carbons (Fsp3) is 0.615. The van der Waals surface area contributed by atoms with E-state index in [2.05, 4.69) is 28.3 Å². The number of morpholine rings is 1.